The summed E-state index contributed by atoms with van der Waals surface area (Å²) in [6.45, 7) is 2.22. The molecule has 2 atom stereocenters. The lowest BCUT2D eigenvalue weighted by atomic mass is 9.82. The number of benzene rings is 1. The van der Waals surface area contributed by atoms with Crippen LogP contribution in [0.3, 0.4) is 0 Å². The van der Waals surface area contributed by atoms with Crippen molar-refractivity contribution in [2.45, 2.75) is 37.4 Å². The van der Waals surface area contributed by atoms with Crippen LogP contribution < -0.4 is 0 Å². The average Bonchev–Trinajstić information content (AvgIpc) is 2.53. The molecular weight excluding hydrogens is 290 g/mol. The number of halogens is 3. The first-order chi connectivity index (χ1) is 7.50. The van der Waals surface area contributed by atoms with E-state index in [-0.39, 0.29) is 11.2 Å². The molecular formula is C13H15BrClF. The molecule has 0 spiro atoms. The summed E-state index contributed by atoms with van der Waals surface area (Å²) in [5, 5.41) is 0.555. The Kier molecular flexibility index (Phi) is 3.60. The molecule has 0 aromatic heterocycles. The Labute approximate surface area is 109 Å². The number of rotatable bonds is 2. The minimum atomic E-state index is -0.174. The van der Waals surface area contributed by atoms with E-state index in [0.29, 0.717) is 15.4 Å². The second kappa shape index (κ2) is 4.66. The topological polar surface area (TPSA) is 0 Å². The second-order valence-corrected chi connectivity index (χ2v) is 6.73. The van der Waals surface area contributed by atoms with Gasteiger partial charge in [-0.25, -0.2) is 4.39 Å². The molecule has 16 heavy (non-hydrogen) atoms. The van der Waals surface area contributed by atoms with Crippen molar-refractivity contribution in [3.8, 4) is 0 Å². The zero-order valence-corrected chi connectivity index (χ0v) is 11.6. The Hall–Kier alpha value is -0.0800. The lowest BCUT2D eigenvalue weighted by Gasteiger charge is -2.24. The van der Waals surface area contributed by atoms with Crippen LogP contribution in [0.4, 0.5) is 4.39 Å². The van der Waals surface area contributed by atoms with Gasteiger partial charge in [0, 0.05) is 15.4 Å². The van der Waals surface area contributed by atoms with Crippen LogP contribution in [0.1, 0.15) is 31.7 Å². The van der Waals surface area contributed by atoms with Crippen LogP contribution in [0, 0.1) is 11.2 Å². The molecule has 0 saturated heterocycles. The smallest absolute Gasteiger partial charge is 0.127 e. The van der Waals surface area contributed by atoms with Gasteiger partial charge in [-0.05, 0) is 43.2 Å². The largest absolute Gasteiger partial charge is 0.207 e. The quantitative estimate of drug-likeness (QED) is 0.676. The van der Waals surface area contributed by atoms with Gasteiger partial charge >= 0.3 is 0 Å². The molecule has 1 aromatic carbocycles. The lowest BCUT2D eigenvalue weighted by molar-refractivity contribution is 0.331. The van der Waals surface area contributed by atoms with Gasteiger partial charge in [0.05, 0.1) is 0 Å². The number of hydrogen-bond acceptors (Lipinski definition) is 0. The van der Waals surface area contributed by atoms with Crippen molar-refractivity contribution >= 4 is 27.5 Å². The second-order valence-electron chi connectivity index (χ2n) is 5.03. The van der Waals surface area contributed by atoms with Gasteiger partial charge in [-0.2, -0.15) is 0 Å². The summed E-state index contributed by atoms with van der Waals surface area (Å²) in [4.78, 5) is 0.572. The molecule has 2 unspecified atom stereocenters. The minimum absolute atomic E-state index is 0.174. The van der Waals surface area contributed by atoms with E-state index in [2.05, 4.69) is 22.9 Å². The molecule has 2 rings (SSSR count). The third-order valence-corrected chi connectivity index (χ3v) is 4.58. The minimum Gasteiger partial charge on any atom is -0.207 e. The maximum absolute atomic E-state index is 13.7. The number of hydrogen-bond donors (Lipinski definition) is 0. The number of alkyl halides is 1. The van der Waals surface area contributed by atoms with Crippen molar-refractivity contribution in [3.63, 3.8) is 0 Å². The Balaban J connectivity index is 2.21. The van der Waals surface area contributed by atoms with E-state index in [4.69, 9.17) is 11.6 Å². The summed E-state index contributed by atoms with van der Waals surface area (Å²) in [6, 6.07) is 4.92. The van der Waals surface area contributed by atoms with E-state index in [1.54, 1.807) is 12.1 Å². The molecule has 88 valence electrons. The molecule has 0 nitrogen and oxygen atoms in total. The van der Waals surface area contributed by atoms with Crippen molar-refractivity contribution in [2.24, 2.45) is 5.41 Å². The molecule has 1 saturated carbocycles. The highest BCUT2D eigenvalue weighted by molar-refractivity contribution is 9.09. The predicted octanol–water partition coefficient (Wildman–Crippen LogP) is 4.98. The van der Waals surface area contributed by atoms with Gasteiger partial charge in [-0.15, -0.1) is 0 Å². The molecule has 1 aliphatic carbocycles. The summed E-state index contributed by atoms with van der Waals surface area (Å²) in [5.41, 5.74) is 0.855. The maximum atomic E-state index is 13.7. The summed E-state index contributed by atoms with van der Waals surface area (Å²) in [5.74, 6) is -0.174. The van der Waals surface area contributed by atoms with E-state index in [1.807, 2.05) is 0 Å². The Morgan fingerprint density at radius 1 is 1.56 bits per heavy atom. The Bertz CT molecular complexity index is 373. The molecule has 1 aliphatic rings. The van der Waals surface area contributed by atoms with E-state index >= 15 is 0 Å². The summed E-state index contributed by atoms with van der Waals surface area (Å²) in [6.07, 6.45) is 4.13. The summed E-state index contributed by atoms with van der Waals surface area (Å²) < 4.78 is 13.7. The molecule has 0 aliphatic heterocycles. The van der Waals surface area contributed by atoms with Crippen molar-refractivity contribution in [1.29, 1.82) is 0 Å². The highest BCUT2D eigenvalue weighted by Gasteiger charge is 2.35. The molecule has 0 bridgehead atoms. The highest BCUT2D eigenvalue weighted by atomic mass is 79.9. The molecule has 0 N–H and O–H groups in total. The van der Waals surface area contributed by atoms with Gasteiger partial charge in [0.25, 0.3) is 0 Å². The van der Waals surface area contributed by atoms with E-state index in [1.165, 1.54) is 12.5 Å². The molecule has 3 heteroatoms. The normalized spacial score (nSPS) is 29.6. The average molecular weight is 306 g/mol. The van der Waals surface area contributed by atoms with E-state index in [0.717, 1.165) is 19.3 Å². The first-order valence-corrected chi connectivity index (χ1v) is 6.86. The van der Waals surface area contributed by atoms with Crippen LogP contribution in [-0.2, 0) is 6.42 Å². The first-order valence-electron chi connectivity index (χ1n) is 5.57. The van der Waals surface area contributed by atoms with Crippen LogP contribution in [0.2, 0.25) is 5.02 Å². The Morgan fingerprint density at radius 3 is 2.88 bits per heavy atom. The molecule has 0 amide bonds. The molecule has 1 fully saturated rings. The fourth-order valence-corrected chi connectivity index (χ4v) is 3.77. The van der Waals surface area contributed by atoms with Gasteiger partial charge in [-0.3, -0.25) is 0 Å². The van der Waals surface area contributed by atoms with Gasteiger partial charge in [0.1, 0.15) is 5.82 Å². The monoisotopic (exact) mass is 304 g/mol. The zero-order chi connectivity index (χ0) is 11.8. The van der Waals surface area contributed by atoms with Gasteiger partial charge < -0.3 is 0 Å². The van der Waals surface area contributed by atoms with Crippen molar-refractivity contribution in [1.82, 2.24) is 0 Å². The fraction of sp³-hybridized carbons (Fsp3) is 0.538. The first kappa shape index (κ1) is 12.4. The highest BCUT2D eigenvalue weighted by Crippen LogP contribution is 2.44. The standard InChI is InChI=1S/C13H15BrClF/c1-13(6-5-9(14)7-13)8-10-11(15)3-2-4-12(10)16/h2-4,9H,5-8H2,1H3. The van der Waals surface area contributed by atoms with Crippen molar-refractivity contribution in [3.05, 3.63) is 34.6 Å². The Morgan fingerprint density at radius 2 is 2.31 bits per heavy atom. The molecule has 0 heterocycles. The third kappa shape index (κ3) is 2.60. The molecule has 0 radical (unpaired) electrons. The summed E-state index contributed by atoms with van der Waals surface area (Å²) >= 11 is 9.69. The predicted molar refractivity (Wildman–Crippen MR) is 69.8 cm³/mol. The van der Waals surface area contributed by atoms with Crippen molar-refractivity contribution in [2.75, 3.05) is 0 Å². The van der Waals surface area contributed by atoms with Crippen LogP contribution in [-0.4, -0.2) is 4.83 Å². The zero-order valence-electron chi connectivity index (χ0n) is 9.27. The van der Waals surface area contributed by atoms with E-state index < -0.39 is 0 Å². The summed E-state index contributed by atoms with van der Waals surface area (Å²) in [7, 11) is 0. The maximum Gasteiger partial charge on any atom is 0.127 e. The SMILES string of the molecule is CC1(Cc2c(F)cccc2Cl)CCC(Br)C1. The van der Waals surface area contributed by atoms with Crippen LogP contribution >= 0.6 is 27.5 Å². The molecule has 1 aromatic rings. The van der Waals surface area contributed by atoms with Gasteiger partial charge in [-0.1, -0.05) is 40.5 Å². The van der Waals surface area contributed by atoms with Gasteiger partial charge in [0.2, 0.25) is 0 Å². The van der Waals surface area contributed by atoms with Crippen LogP contribution in [0.25, 0.3) is 0 Å². The van der Waals surface area contributed by atoms with Gasteiger partial charge in [0.15, 0.2) is 0 Å². The lowest BCUT2D eigenvalue weighted by Crippen LogP contribution is -2.17. The van der Waals surface area contributed by atoms with Crippen LogP contribution in [0.5, 0.6) is 0 Å². The van der Waals surface area contributed by atoms with Crippen LogP contribution in [0.15, 0.2) is 18.2 Å². The fourth-order valence-electron chi connectivity index (χ4n) is 2.53. The van der Waals surface area contributed by atoms with Crippen molar-refractivity contribution < 1.29 is 4.39 Å². The van der Waals surface area contributed by atoms with E-state index in [9.17, 15) is 4.39 Å². The third-order valence-electron chi connectivity index (χ3n) is 3.44.